The maximum absolute atomic E-state index is 5.32. The SMILES string of the molecule is CN=C(NC1CCN(c2cccc(OC)c2)C1)NC1CC1(C)C. The summed E-state index contributed by atoms with van der Waals surface area (Å²) >= 11 is 0. The zero-order valence-corrected chi connectivity index (χ0v) is 14.6. The normalized spacial score (nSPS) is 26.1. The number of nitrogens with one attached hydrogen (secondary N) is 2. The van der Waals surface area contributed by atoms with Gasteiger partial charge in [0.1, 0.15) is 5.75 Å². The van der Waals surface area contributed by atoms with E-state index in [4.69, 9.17) is 4.74 Å². The van der Waals surface area contributed by atoms with Crippen LogP contribution < -0.4 is 20.3 Å². The van der Waals surface area contributed by atoms with Crippen LogP contribution in [0.5, 0.6) is 5.75 Å². The summed E-state index contributed by atoms with van der Waals surface area (Å²) in [5, 5.41) is 7.10. The fraction of sp³-hybridized carbons (Fsp3) is 0.611. The minimum absolute atomic E-state index is 0.403. The maximum atomic E-state index is 5.32. The summed E-state index contributed by atoms with van der Waals surface area (Å²) < 4.78 is 5.32. The molecule has 0 radical (unpaired) electrons. The first-order valence-electron chi connectivity index (χ1n) is 8.40. The van der Waals surface area contributed by atoms with E-state index in [0.29, 0.717) is 17.5 Å². The second kappa shape index (κ2) is 6.30. The van der Waals surface area contributed by atoms with Gasteiger partial charge in [-0.2, -0.15) is 0 Å². The van der Waals surface area contributed by atoms with Crippen LogP contribution in [0.2, 0.25) is 0 Å². The number of anilines is 1. The lowest BCUT2D eigenvalue weighted by Crippen LogP contribution is -2.46. The molecule has 0 bridgehead atoms. The van der Waals surface area contributed by atoms with Crippen LogP contribution >= 0.6 is 0 Å². The number of guanidine groups is 1. The molecule has 0 aromatic heterocycles. The molecule has 2 N–H and O–H groups in total. The van der Waals surface area contributed by atoms with Crippen molar-refractivity contribution < 1.29 is 4.74 Å². The summed E-state index contributed by atoms with van der Waals surface area (Å²) in [7, 11) is 3.56. The molecule has 0 amide bonds. The first-order chi connectivity index (χ1) is 11.0. The average Bonchev–Trinajstić information content (AvgIpc) is 2.95. The third-order valence-electron chi connectivity index (χ3n) is 5.00. The molecule has 2 unspecified atom stereocenters. The fourth-order valence-electron chi connectivity index (χ4n) is 3.16. The Balaban J connectivity index is 1.54. The minimum atomic E-state index is 0.403. The Labute approximate surface area is 139 Å². The first-order valence-corrected chi connectivity index (χ1v) is 8.40. The van der Waals surface area contributed by atoms with Crippen LogP contribution in [0.1, 0.15) is 26.7 Å². The van der Waals surface area contributed by atoms with Crippen LogP contribution in [0.25, 0.3) is 0 Å². The average molecular weight is 316 g/mol. The highest BCUT2D eigenvalue weighted by atomic mass is 16.5. The van der Waals surface area contributed by atoms with E-state index >= 15 is 0 Å². The summed E-state index contributed by atoms with van der Waals surface area (Å²) in [6, 6.07) is 9.24. The summed E-state index contributed by atoms with van der Waals surface area (Å²) in [6.07, 6.45) is 2.33. The molecule has 23 heavy (non-hydrogen) atoms. The van der Waals surface area contributed by atoms with Gasteiger partial charge in [-0.15, -0.1) is 0 Å². The molecule has 1 aliphatic carbocycles. The van der Waals surface area contributed by atoms with Crippen LogP contribution in [0.3, 0.4) is 0 Å². The number of hydrogen-bond acceptors (Lipinski definition) is 3. The largest absolute Gasteiger partial charge is 0.497 e. The van der Waals surface area contributed by atoms with Crippen LogP contribution in [0, 0.1) is 5.41 Å². The van der Waals surface area contributed by atoms with Crippen LogP contribution in [0.15, 0.2) is 29.3 Å². The third kappa shape index (κ3) is 3.71. The third-order valence-corrected chi connectivity index (χ3v) is 5.00. The van der Waals surface area contributed by atoms with Gasteiger partial charge in [-0.3, -0.25) is 4.99 Å². The molecule has 2 atom stereocenters. The zero-order valence-electron chi connectivity index (χ0n) is 14.6. The van der Waals surface area contributed by atoms with Gasteiger partial charge >= 0.3 is 0 Å². The smallest absolute Gasteiger partial charge is 0.191 e. The highest BCUT2D eigenvalue weighted by Crippen LogP contribution is 2.44. The van der Waals surface area contributed by atoms with E-state index in [1.807, 2.05) is 19.2 Å². The quantitative estimate of drug-likeness (QED) is 0.661. The Hall–Kier alpha value is -1.91. The van der Waals surface area contributed by atoms with Gasteiger partial charge in [-0.1, -0.05) is 19.9 Å². The van der Waals surface area contributed by atoms with E-state index in [2.05, 4.69) is 46.5 Å². The number of hydrogen-bond donors (Lipinski definition) is 2. The van der Waals surface area contributed by atoms with Gasteiger partial charge in [0.05, 0.1) is 7.11 Å². The second-order valence-electron chi connectivity index (χ2n) is 7.24. The molecule has 1 aromatic rings. The van der Waals surface area contributed by atoms with Crippen molar-refractivity contribution in [1.29, 1.82) is 0 Å². The van der Waals surface area contributed by atoms with E-state index in [1.54, 1.807) is 7.11 Å². The van der Waals surface area contributed by atoms with Gasteiger partial charge < -0.3 is 20.3 Å². The Kier molecular flexibility index (Phi) is 4.37. The number of benzene rings is 1. The predicted octanol–water partition coefficient (Wildman–Crippen LogP) is 2.24. The molecule has 5 nitrogen and oxygen atoms in total. The zero-order chi connectivity index (χ0) is 16.4. The lowest BCUT2D eigenvalue weighted by atomic mass is 10.2. The summed E-state index contributed by atoms with van der Waals surface area (Å²) in [6.45, 7) is 6.62. The first kappa shape index (κ1) is 16.0. The lowest BCUT2D eigenvalue weighted by Gasteiger charge is -2.21. The number of ether oxygens (including phenoxy) is 1. The Morgan fingerprint density at radius 3 is 2.78 bits per heavy atom. The van der Waals surface area contributed by atoms with E-state index in [1.165, 1.54) is 12.1 Å². The monoisotopic (exact) mass is 316 g/mol. The van der Waals surface area contributed by atoms with E-state index in [0.717, 1.165) is 31.2 Å². The number of nitrogens with zero attached hydrogens (tertiary/aromatic N) is 2. The molecular formula is C18H28N4O. The van der Waals surface area contributed by atoms with Gasteiger partial charge in [-0.05, 0) is 30.4 Å². The van der Waals surface area contributed by atoms with E-state index < -0.39 is 0 Å². The standard InChI is InChI=1S/C18H28N4O/c1-18(2)11-16(18)21-17(19-3)20-13-8-9-22(12-13)14-6-5-7-15(10-14)23-4/h5-7,10,13,16H,8-9,11-12H2,1-4H3,(H2,19,20,21). The number of methoxy groups -OCH3 is 1. The van der Waals surface area contributed by atoms with E-state index in [9.17, 15) is 0 Å². The van der Waals surface area contributed by atoms with Gasteiger partial charge in [0.25, 0.3) is 0 Å². The molecule has 1 heterocycles. The van der Waals surface area contributed by atoms with Crippen LogP contribution in [-0.2, 0) is 0 Å². The van der Waals surface area contributed by atoms with Crippen molar-refractivity contribution >= 4 is 11.6 Å². The molecule has 2 aliphatic rings. The molecule has 1 aliphatic heterocycles. The fourth-order valence-corrected chi connectivity index (χ4v) is 3.16. The molecule has 2 fully saturated rings. The minimum Gasteiger partial charge on any atom is -0.497 e. The summed E-state index contributed by atoms with van der Waals surface area (Å²) in [5.41, 5.74) is 1.62. The highest BCUT2D eigenvalue weighted by Gasteiger charge is 2.46. The number of rotatable bonds is 4. The Morgan fingerprint density at radius 2 is 2.13 bits per heavy atom. The molecular weight excluding hydrogens is 288 g/mol. The Bertz CT molecular complexity index is 584. The van der Waals surface area contributed by atoms with Crippen molar-refractivity contribution in [2.75, 3.05) is 32.1 Å². The van der Waals surface area contributed by atoms with Crippen molar-refractivity contribution in [1.82, 2.24) is 10.6 Å². The molecule has 126 valence electrons. The van der Waals surface area contributed by atoms with Crippen molar-refractivity contribution in [3.63, 3.8) is 0 Å². The summed E-state index contributed by atoms with van der Waals surface area (Å²) in [4.78, 5) is 6.78. The van der Waals surface area contributed by atoms with Crippen LogP contribution in [-0.4, -0.2) is 45.3 Å². The van der Waals surface area contributed by atoms with Crippen molar-refractivity contribution in [2.45, 2.75) is 38.8 Å². The second-order valence-corrected chi connectivity index (χ2v) is 7.24. The molecule has 1 saturated carbocycles. The molecule has 3 rings (SSSR count). The topological polar surface area (TPSA) is 48.9 Å². The number of aliphatic imine (C=N–C) groups is 1. The molecule has 1 saturated heterocycles. The molecule has 1 aromatic carbocycles. The van der Waals surface area contributed by atoms with Gasteiger partial charge in [0, 0.05) is 44.0 Å². The maximum Gasteiger partial charge on any atom is 0.191 e. The Morgan fingerprint density at radius 1 is 1.35 bits per heavy atom. The predicted molar refractivity (Wildman–Crippen MR) is 95.4 cm³/mol. The lowest BCUT2D eigenvalue weighted by molar-refractivity contribution is 0.415. The van der Waals surface area contributed by atoms with Crippen molar-refractivity contribution in [3.8, 4) is 5.75 Å². The van der Waals surface area contributed by atoms with Crippen molar-refractivity contribution in [3.05, 3.63) is 24.3 Å². The highest BCUT2D eigenvalue weighted by molar-refractivity contribution is 5.81. The van der Waals surface area contributed by atoms with Gasteiger partial charge in [0.15, 0.2) is 5.96 Å². The van der Waals surface area contributed by atoms with Gasteiger partial charge in [-0.25, -0.2) is 0 Å². The van der Waals surface area contributed by atoms with Crippen LogP contribution in [0.4, 0.5) is 5.69 Å². The van der Waals surface area contributed by atoms with Gasteiger partial charge in [0.2, 0.25) is 0 Å². The molecule has 0 spiro atoms. The van der Waals surface area contributed by atoms with E-state index in [-0.39, 0.29) is 0 Å². The summed E-state index contributed by atoms with van der Waals surface area (Å²) in [5.74, 6) is 1.84. The molecule has 5 heteroatoms. The van der Waals surface area contributed by atoms with Crippen molar-refractivity contribution in [2.24, 2.45) is 10.4 Å².